The Morgan fingerprint density at radius 2 is 1.33 bits per heavy atom. The van der Waals surface area contributed by atoms with Crippen LogP contribution in [-0.2, 0) is 0 Å². The van der Waals surface area contributed by atoms with Crippen LogP contribution in [0.3, 0.4) is 0 Å². The molecule has 128 valence electrons. The van der Waals surface area contributed by atoms with E-state index in [2.05, 4.69) is 30.4 Å². The Morgan fingerprint density at radius 1 is 0.667 bits per heavy atom. The number of rotatable bonds is 0. The summed E-state index contributed by atoms with van der Waals surface area (Å²) >= 11 is 0. The Labute approximate surface area is 154 Å². The molecule has 0 saturated heterocycles. The monoisotopic (exact) mass is 350 g/mol. The van der Waals surface area contributed by atoms with Crippen molar-refractivity contribution >= 4 is 43.9 Å². The molecular formula is C24H14O3. The molecule has 2 aliphatic rings. The van der Waals surface area contributed by atoms with Crippen LogP contribution in [-0.4, -0.2) is 6.10 Å². The van der Waals surface area contributed by atoms with E-state index in [1.54, 1.807) is 0 Å². The molecule has 3 nitrogen and oxygen atoms in total. The molecule has 3 heteroatoms. The number of furan rings is 2. The molecule has 2 aromatic heterocycles. The molecule has 0 spiro atoms. The predicted octanol–water partition coefficient (Wildman–Crippen LogP) is 6.46. The van der Waals surface area contributed by atoms with E-state index >= 15 is 0 Å². The molecule has 2 unspecified atom stereocenters. The maximum Gasteiger partial charge on any atom is 0.150 e. The van der Waals surface area contributed by atoms with Gasteiger partial charge in [0.2, 0.25) is 0 Å². The van der Waals surface area contributed by atoms with Gasteiger partial charge in [0.05, 0.1) is 16.7 Å². The summed E-state index contributed by atoms with van der Waals surface area (Å²) in [7, 11) is 0. The molecule has 0 bridgehead atoms. The zero-order valence-corrected chi connectivity index (χ0v) is 14.3. The molecule has 0 N–H and O–H groups in total. The van der Waals surface area contributed by atoms with Crippen molar-refractivity contribution in [3.63, 3.8) is 0 Å². The summed E-state index contributed by atoms with van der Waals surface area (Å²) in [5.41, 5.74) is 4.61. The minimum Gasteiger partial charge on any atom is -0.484 e. The molecular weight excluding hydrogens is 336 g/mol. The SMILES string of the molecule is C1=CC2Oc3c(c4oc5ccccc5c4c4oc5ccccc5c34)C2C=C1. The number of ether oxygens (including phenoxy) is 1. The van der Waals surface area contributed by atoms with Crippen molar-refractivity contribution in [3.05, 3.63) is 78.4 Å². The van der Waals surface area contributed by atoms with Gasteiger partial charge in [0.25, 0.3) is 0 Å². The standard InChI is InChI=1S/C24H14O3/c1-4-10-16-13(7-1)19-22(25-16)20-15-9-3-6-12-18(15)27-24(20)21-14-8-2-5-11-17(14)26-23(19)21/h1-13,16H. The lowest BCUT2D eigenvalue weighted by Crippen LogP contribution is -2.15. The minimum atomic E-state index is 0.000625. The maximum absolute atomic E-state index is 6.44. The Balaban J connectivity index is 1.79. The maximum atomic E-state index is 6.44. The summed E-state index contributed by atoms with van der Waals surface area (Å²) in [6, 6.07) is 16.3. The second-order valence-electron chi connectivity index (χ2n) is 7.23. The number of allylic oxidation sites excluding steroid dienone is 2. The highest BCUT2D eigenvalue weighted by molar-refractivity contribution is 6.25. The zero-order chi connectivity index (χ0) is 17.5. The Kier molecular flexibility index (Phi) is 2.35. The van der Waals surface area contributed by atoms with Gasteiger partial charge in [-0.25, -0.2) is 0 Å². The lowest BCUT2D eigenvalue weighted by atomic mass is 9.89. The number of hydrogen-bond donors (Lipinski definition) is 0. The van der Waals surface area contributed by atoms with Gasteiger partial charge in [-0.15, -0.1) is 0 Å². The fourth-order valence-corrected chi connectivity index (χ4v) is 4.67. The molecule has 3 heterocycles. The van der Waals surface area contributed by atoms with Gasteiger partial charge >= 0.3 is 0 Å². The van der Waals surface area contributed by atoms with Gasteiger partial charge in [0.15, 0.2) is 5.58 Å². The Hall–Kier alpha value is -3.46. The van der Waals surface area contributed by atoms with Crippen molar-refractivity contribution < 1.29 is 13.6 Å². The topological polar surface area (TPSA) is 35.5 Å². The summed E-state index contributed by atoms with van der Waals surface area (Å²) in [5, 5.41) is 4.26. The van der Waals surface area contributed by atoms with Crippen LogP contribution < -0.4 is 4.74 Å². The molecule has 2 atom stereocenters. The first-order chi connectivity index (χ1) is 13.4. The van der Waals surface area contributed by atoms with Crippen LogP contribution in [0, 0.1) is 0 Å². The number of fused-ring (bicyclic) bond motifs is 12. The van der Waals surface area contributed by atoms with Gasteiger partial charge in [0.1, 0.15) is 28.6 Å². The smallest absolute Gasteiger partial charge is 0.150 e. The van der Waals surface area contributed by atoms with Gasteiger partial charge in [-0.3, -0.25) is 0 Å². The number of hydrogen-bond acceptors (Lipinski definition) is 3. The fraction of sp³-hybridized carbons (Fsp3) is 0.0833. The molecule has 3 aromatic carbocycles. The van der Waals surface area contributed by atoms with Crippen LogP contribution in [0.1, 0.15) is 11.5 Å². The van der Waals surface area contributed by atoms with E-state index in [1.165, 1.54) is 0 Å². The molecule has 27 heavy (non-hydrogen) atoms. The molecule has 1 aliphatic carbocycles. The van der Waals surface area contributed by atoms with Gasteiger partial charge in [-0.1, -0.05) is 54.6 Å². The van der Waals surface area contributed by atoms with Crippen LogP contribution in [0.5, 0.6) is 5.75 Å². The van der Waals surface area contributed by atoms with Crippen molar-refractivity contribution in [2.24, 2.45) is 0 Å². The predicted molar refractivity (Wildman–Crippen MR) is 106 cm³/mol. The highest BCUT2D eigenvalue weighted by Crippen LogP contribution is 2.54. The Bertz CT molecular complexity index is 1460. The average Bonchev–Trinajstić information content (AvgIpc) is 3.38. The summed E-state index contributed by atoms with van der Waals surface area (Å²) in [5.74, 6) is 1.05. The zero-order valence-electron chi connectivity index (χ0n) is 14.3. The lowest BCUT2D eigenvalue weighted by molar-refractivity contribution is 0.271. The lowest BCUT2D eigenvalue weighted by Gasteiger charge is -2.13. The van der Waals surface area contributed by atoms with E-state index in [4.69, 9.17) is 13.6 Å². The second kappa shape index (κ2) is 4.63. The average molecular weight is 350 g/mol. The first kappa shape index (κ1) is 13.7. The second-order valence-corrected chi connectivity index (χ2v) is 7.23. The van der Waals surface area contributed by atoms with Crippen molar-refractivity contribution in [2.45, 2.75) is 12.0 Å². The van der Waals surface area contributed by atoms with Crippen LogP contribution >= 0.6 is 0 Å². The molecule has 5 aromatic rings. The Morgan fingerprint density at radius 3 is 2.15 bits per heavy atom. The van der Waals surface area contributed by atoms with E-state index in [-0.39, 0.29) is 12.0 Å². The number of benzene rings is 3. The van der Waals surface area contributed by atoms with Crippen molar-refractivity contribution in [3.8, 4) is 5.75 Å². The van der Waals surface area contributed by atoms with Crippen LogP contribution in [0.2, 0.25) is 0 Å². The largest absolute Gasteiger partial charge is 0.484 e. The van der Waals surface area contributed by atoms with Gasteiger partial charge in [0, 0.05) is 16.3 Å². The highest BCUT2D eigenvalue weighted by Gasteiger charge is 2.39. The summed E-state index contributed by atoms with van der Waals surface area (Å²) < 4.78 is 19.1. The van der Waals surface area contributed by atoms with Crippen molar-refractivity contribution in [1.29, 1.82) is 0 Å². The third-order valence-corrected chi connectivity index (χ3v) is 5.81. The first-order valence-corrected chi connectivity index (χ1v) is 9.20. The molecule has 0 fully saturated rings. The van der Waals surface area contributed by atoms with E-state index in [9.17, 15) is 0 Å². The van der Waals surface area contributed by atoms with E-state index in [0.29, 0.717) is 0 Å². The normalized spacial score (nSPS) is 20.6. The van der Waals surface area contributed by atoms with Crippen molar-refractivity contribution in [1.82, 2.24) is 0 Å². The third-order valence-electron chi connectivity index (χ3n) is 5.81. The van der Waals surface area contributed by atoms with Gasteiger partial charge < -0.3 is 13.6 Å². The summed E-state index contributed by atoms with van der Waals surface area (Å²) in [6.07, 6.45) is 8.46. The summed E-state index contributed by atoms with van der Waals surface area (Å²) in [4.78, 5) is 0. The van der Waals surface area contributed by atoms with E-state index in [1.807, 2.05) is 42.5 Å². The first-order valence-electron chi connectivity index (χ1n) is 9.20. The van der Waals surface area contributed by atoms with Gasteiger partial charge in [-0.05, 0) is 18.2 Å². The van der Waals surface area contributed by atoms with E-state index in [0.717, 1.165) is 55.2 Å². The fourth-order valence-electron chi connectivity index (χ4n) is 4.67. The molecule has 0 amide bonds. The summed E-state index contributed by atoms with van der Waals surface area (Å²) in [6.45, 7) is 0. The quantitative estimate of drug-likeness (QED) is 0.322. The van der Waals surface area contributed by atoms with Crippen molar-refractivity contribution in [2.75, 3.05) is 0 Å². The van der Waals surface area contributed by atoms with E-state index < -0.39 is 0 Å². The minimum absolute atomic E-state index is 0.000625. The highest BCUT2D eigenvalue weighted by atomic mass is 16.5. The number of para-hydroxylation sites is 2. The van der Waals surface area contributed by atoms with Crippen LogP contribution in [0.4, 0.5) is 0 Å². The van der Waals surface area contributed by atoms with Crippen LogP contribution in [0.15, 0.2) is 81.7 Å². The molecule has 1 aliphatic heterocycles. The molecule has 0 radical (unpaired) electrons. The van der Waals surface area contributed by atoms with Crippen LogP contribution in [0.25, 0.3) is 43.9 Å². The molecule has 0 saturated carbocycles. The third kappa shape index (κ3) is 1.58. The van der Waals surface area contributed by atoms with Gasteiger partial charge in [-0.2, -0.15) is 0 Å². The molecule has 7 rings (SSSR count).